The van der Waals surface area contributed by atoms with Crippen LogP contribution < -0.4 is 5.32 Å². The van der Waals surface area contributed by atoms with Gasteiger partial charge in [-0.25, -0.2) is 12.7 Å². The molecule has 0 spiro atoms. The van der Waals surface area contributed by atoms with Crippen molar-refractivity contribution in [3.05, 3.63) is 24.3 Å². The molecule has 1 aromatic rings. The van der Waals surface area contributed by atoms with E-state index < -0.39 is 10.0 Å². The Morgan fingerprint density at radius 3 is 2.43 bits per heavy atom. The largest absolute Gasteiger partial charge is 0.384 e. The van der Waals surface area contributed by atoms with Gasteiger partial charge in [-0.15, -0.1) is 0 Å². The van der Waals surface area contributed by atoms with Crippen molar-refractivity contribution in [2.24, 2.45) is 5.92 Å². The number of nitrogens with zero attached hydrogens (tertiary/aromatic N) is 1. The highest BCUT2D eigenvalue weighted by Crippen LogP contribution is 2.24. The monoisotopic (exact) mass is 312 g/mol. The minimum Gasteiger partial charge on any atom is -0.384 e. The molecule has 0 saturated heterocycles. The van der Waals surface area contributed by atoms with Crippen molar-refractivity contribution in [2.75, 3.05) is 26.0 Å². The van der Waals surface area contributed by atoms with Gasteiger partial charge in [0.1, 0.15) is 4.90 Å². The number of para-hydroxylation sites is 1. The summed E-state index contributed by atoms with van der Waals surface area (Å²) in [7, 11) is -0.293. The van der Waals surface area contributed by atoms with Gasteiger partial charge >= 0.3 is 0 Å². The highest BCUT2D eigenvalue weighted by molar-refractivity contribution is 7.89. The predicted molar refractivity (Wildman–Crippen MR) is 89.1 cm³/mol. The summed E-state index contributed by atoms with van der Waals surface area (Å²) in [6, 6.07) is 7.12. The van der Waals surface area contributed by atoms with Crippen LogP contribution >= 0.6 is 0 Å². The third kappa shape index (κ3) is 5.00. The Labute approximate surface area is 129 Å². The highest BCUT2D eigenvalue weighted by Gasteiger charge is 2.21. The molecule has 1 atom stereocenters. The summed E-state index contributed by atoms with van der Waals surface area (Å²) in [6.07, 6.45) is 4.71. The highest BCUT2D eigenvalue weighted by atomic mass is 32.2. The first-order chi connectivity index (χ1) is 9.93. The third-order valence-electron chi connectivity index (χ3n) is 3.77. The number of benzene rings is 1. The molecule has 4 nitrogen and oxygen atoms in total. The average molecular weight is 312 g/mol. The number of sulfonamides is 1. The van der Waals surface area contributed by atoms with Crippen LogP contribution in [-0.2, 0) is 10.0 Å². The molecule has 0 amide bonds. The lowest BCUT2D eigenvalue weighted by atomic mass is 9.99. The molecular weight excluding hydrogens is 284 g/mol. The maximum Gasteiger partial charge on any atom is 0.244 e. The van der Waals surface area contributed by atoms with E-state index in [9.17, 15) is 8.42 Å². The standard InChI is InChI=1S/C16H28N2O2S/c1-5-7-10-14(6-2)13-17-15-11-8-9-12-16(15)21(19,20)18(3)4/h8-9,11-12,14,17H,5-7,10,13H2,1-4H3. The fourth-order valence-electron chi connectivity index (χ4n) is 2.23. The second kappa shape index (κ2) is 8.39. The minimum absolute atomic E-state index is 0.348. The number of nitrogens with one attached hydrogen (secondary N) is 1. The van der Waals surface area contributed by atoms with Crippen LogP contribution in [0.2, 0.25) is 0 Å². The number of hydrogen-bond acceptors (Lipinski definition) is 3. The summed E-state index contributed by atoms with van der Waals surface area (Å²) in [5.74, 6) is 0.583. The van der Waals surface area contributed by atoms with E-state index in [0.29, 0.717) is 16.5 Å². The quantitative estimate of drug-likeness (QED) is 0.758. The third-order valence-corrected chi connectivity index (χ3v) is 5.64. The first-order valence-corrected chi connectivity index (χ1v) is 9.12. The summed E-state index contributed by atoms with van der Waals surface area (Å²) in [5.41, 5.74) is 0.696. The van der Waals surface area contributed by atoms with Gasteiger partial charge in [-0.1, -0.05) is 45.2 Å². The van der Waals surface area contributed by atoms with Crippen molar-refractivity contribution in [1.82, 2.24) is 4.31 Å². The molecule has 0 aliphatic rings. The molecule has 0 aliphatic carbocycles. The van der Waals surface area contributed by atoms with Crippen LogP contribution in [0.5, 0.6) is 0 Å². The Morgan fingerprint density at radius 2 is 1.86 bits per heavy atom. The SMILES string of the molecule is CCCCC(CC)CNc1ccccc1S(=O)(=O)N(C)C. The molecule has 0 heterocycles. The Balaban J connectivity index is 2.85. The Morgan fingerprint density at radius 1 is 1.19 bits per heavy atom. The average Bonchev–Trinajstić information content (AvgIpc) is 2.47. The van der Waals surface area contributed by atoms with Crippen molar-refractivity contribution in [3.8, 4) is 0 Å². The van der Waals surface area contributed by atoms with Crippen molar-refractivity contribution in [3.63, 3.8) is 0 Å². The van der Waals surface area contributed by atoms with E-state index in [1.165, 1.54) is 23.6 Å². The summed E-state index contributed by atoms with van der Waals surface area (Å²) in [4.78, 5) is 0.348. The zero-order valence-corrected chi connectivity index (χ0v) is 14.4. The molecule has 1 unspecified atom stereocenters. The van der Waals surface area contributed by atoms with Gasteiger partial charge in [0.2, 0.25) is 10.0 Å². The Kier molecular flexibility index (Phi) is 7.18. The normalized spacial score (nSPS) is 13.4. The molecule has 0 radical (unpaired) electrons. The van der Waals surface area contributed by atoms with E-state index in [1.807, 2.05) is 12.1 Å². The first-order valence-electron chi connectivity index (χ1n) is 7.68. The fourth-order valence-corrected chi connectivity index (χ4v) is 3.29. The molecular formula is C16H28N2O2S. The van der Waals surface area contributed by atoms with Crippen molar-refractivity contribution >= 4 is 15.7 Å². The smallest absolute Gasteiger partial charge is 0.244 e. The van der Waals surface area contributed by atoms with Crippen molar-refractivity contribution < 1.29 is 8.42 Å². The molecule has 0 aliphatic heterocycles. The van der Waals surface area contributed by atoms with Crippen LogP contribution in [0.25, 0.3) is 0 Å². The number of anilines is 1. The van der Waals surface area contributed by atoms with E-state index in [4.69, 9.17) is 0 Å². The predicted octanol–water partition coefficient (Wildman–Crippen LogP) is 3.57. The first kappa shape index (κ1) is 18.0. The van der Waals surface area contributed by atoms with Crippen LogP contribution in [0.3, 0.4) is 0 Å². The lowest BCUT2D eigenvalue weighted by Gasteiger charge is -2.19. The molecule has 0 saturated carbocycles. The van der Waals surface area contributed by atoms with Crippen molar-refractivity contribution in [1.29, 1.82) is 0 Å². The summed E-state index contributed by atoms with van der Waals surface area (Å²) < 4.78 is 25.9. The zero-order valence-electron chi connectivity index (χ0n) is 13.6. The molecule has 1 N–H and O–H groups in total. The maximum atomic E-state index is 12.3. The van der Waals surface area contributed by atoms with Crippen LogP contribution in [0, 0.1) is 5.92 Å². The van der Waals surface area contributed by atoms with Crippen LogP contribution in [0.15, 0.2) is 29.2 Å². The van der Waals surface area contributed by atoms with Crippen LogP contribution in [-0.4, -0.2) is 33.4 Å². The van der Waals surface area contributed by atoms with E-state index in [2.05, 4.69) is 19.2 Å². The van der Waals surface area contributed by atoms with Gasteiger partial charge in [-0.2, -0.15) is 0 Å². The molecule has 1 rings (SSSR count). The topological polar surface area (TPSA) is 49.4 Å². The lowest BCUT2D eigenvalue weighted by molar-refractivity contribution is 0.472. The van der Waals surface area contributed by atoms with Gasteiger partial charge in [0.05, 0.1) is 5.69 Å². The minimum atomic E-state index is -3.41. The number of hydrogen-bond donors (Lipinski definition) is 1. The Bertz CT molecular complexity index is 527. The lowest BCUT2D eigenvalue weighted by Crippen LogP contribution is -2.24. The van der Waals surface area contributed by atoms with Gasteiger partial charge in [-0.05, 0) is 24.5 Å². The number of unbranched alkanes of at least 4 members (excludes halogenated alkanes) is 1. The molecule has 120 valence electrons. The van der Waals surface area contributed by atoms with Crippen LogP contribution in [0.1, 0.15) is 39.5 Å². The second-order valence-corrected chi connectivity index (χ2v) is 7.70. The molecule has 0 bridgehead atoms. The Hall–Kier alpha value is -1.07. The van der Waals surface area contributed by atoms with E-state index in [0.717, 1.165) is 13.0 Å². The second-order valence-electron chi connectivity index (χ2n) is 5.58. The van der Waals surface area contributed by atoms with Gasteiger partial charge in [0.25, 0.3) is 0 Å². The molecule has 5 heteroatoms. The van der Waals surface area contributed by atoms with E-state index in [1.54, 1.807) is 26.2 Å². The van der Waals surface area contributed by atoms with Crippen molar-refractivity contribution in [2.45, 2.75) is 44.4 Å². The van der Waals surface area contributed by atoms with Gasteiger partial charge in [0.15, 0.2) is 0 Å². The van der Waals surface area contributed by atoms with E-state index >= 15 is 0 Å². The zero-order chi connectivity index (χ0) is 15.9. The van der Waals surface area contributed by atoms with Crippen LogP contribution in [0.4, 0.5) is 5.69 Å². The number of rotatable bonds is 9. The van der Waals surface area contributed by atoms with Gasteiger partial charge < -0.3 is 5.32 Å². The summed E-state index contributed by atoms with van der Waals surface area (Å²) in [5, 5.41) is 3.33. The molecule has 1 aromatic carbocycles. The van der Waals surface area contributed by atoms with Gasteiger partial charge in [-0.3, -0.25) is 0 Å². The maximum absolute atomic E-state index is 12.3. The van der Waals surface area contributed by atoms with E-state index in [-0.39, 0.29) is 0 Å². The molecule has 0 fully saturated rings. The summed E-state index contributed by atoms with van der Waals surface area (Å²) >= 11 is 0. The summed E-state index contributed by atoms with van der Waals surface area (Å²) in [6.45, 7) is 5.19. The molecule has 0 aromatic heterocycles. The van der Waals surface area contributed by atoms with Gasteiger partial charge in [0, 0.05) is 20.6 Å². The fraction of sp³-hybridized carbons (Fsp3) is 0.625. The molecule has 21 heavy (non-hydrogen) atoms.